The highest BCUT2D eigenvalue weighted by molar-refractivity contribution is 6.39. The van der Waals surface area contributed by atoms with E-state index in [4.69, 9.17) is 27.9 Å². The molecule has 120 valence electrons. The maximum absolute atomic E-state index is 12.1. The molecule has 23 heavy (non-hydrogen) atoms. The smallest absolute Gasteiger partial charge is 0.340 e. The molecule has 0 saturated carbocycles. The van der Waals surface area contributed by atoms with Gasteiger partial charge in [0.15, 0.2) is 0 Å². The molecule has 0 unspecified atom stereocenters. The Labute approximate surface area is 143 Å². The van der Waals surface area contributed by atoms with Crippen molar-refractivity contribution >= 4 is 46.6 Å². The highest BCUT2D eigenvalue weighted by atomic mass is 35.5. The van der Waals surface area contributed by atoms with Crippen molar-refractivity contribution in [3.8, 4) is 0 Å². The molecule has 2 rings (SSSR count). The summed E-state index contributed by atoms with van der Waals surface area (Å²) in [5.74, 6) is -0.515. The van der Waals surface area contributed by atoms with Gasteiger partial charge in [-0.2, -0.15) is 0 Å². The van der Waals surface area contributed by atoms with Crippen LogP contribution in [0, 0.1) is 0 Å². The molecule has 0 bridgehead atoms. The number of esters is 1. The predicted octanol–water partition coefficient (Wildman–Crippen LogP) is 4.81. The Kier molecular flexibility index (Phi) is 5.84. The maximum atomic E-state index is 12.1. The zero-order valence-electron chi connectivity index (χ0n) is 12.2. The molecule has 0 aliphatic heterocycles. The molecule has 2 amide bonds. The van der Waals surface area contributed by atoms with E-state index < -0.39 is 12.0 Å². The Morgan fingerprint density at radius 2 is 1.65 bits per heavy atom. The van der Waals surface area contributed by atoms with Crippen molar-refractivity contribution in [2.24, 2.45) is 0 Å². The molecule has 0 fully saturated rings. The normalized spacial score (nSPS) is 10.0. The Morgan fingerprint density at radius 1 is 1.00 bits per heavy atom. The first-order chi connectivity index (χ1) is 11.0. The highest BCUT2D eigenvalue weighted by Gasteiger charge is 2.15. The van der Waals surface area contributed by atoms with Crippen LogP contribution in [0.25, 0.3) is 0 Å². The van der Waals surface area contributed by atoms with E-state index in [-0.39, 0.29) is 12.2 Å². The summed E-state index contributed by atoms with van der Waals surface area (Å²) in [5.41, 5.74) is 0.878. The van der Waals surface area contributed by atoms with Crippen LogP contribution in [0.5, 0.6) is 0 Å². The lowest BCUT2D eigenvalue weighted by molar-refractivity contribution is 0.0527. The van der Waals surface area contributed by atoms with Crippen LogP contribution in [-0.2, 0) is 4.74 Å². The lowest BCUT2D eigenvalue weighted by Gasteiger charge is -2.12. The van der Waals surface area contributed by atoms with Crippen LogP contribution < -0.4 is 10.6 Å². The van der Waals surface area contributed by atoms with Crippen molar-refractivity contribution in [3.05, 3.63) is 58.1 Å². The van der Waals surface area contributed by atoms with Gasteiger partial charge < -0.3 is 15.4 Å². The molecule has 0 aliphatic rings. The van der Waals surface area contributed by atoms with Gasteiger partial charge in [-0.05, 0) is 31.2 Å². The number of ether oxygens (including phenoxy) is 1. The number of carbonyl (C=O) groups is 2. The van der Waals surface area contributed by atoms with Crippen molar-refractivity contribution < 1.29 is 14.3 Å². The van der Waals surface area contributed by atoms with Crippen LogP contribution >= 0.6 is 23.2 Å². The van der Waals surface area contributed by atoms with Gasteiger partial charge in [-0.3, -0.25) is 0 Å². The molecule has 5 nitrogen and oxygen atoms in total. The van der Waals surface area contributed by atoms with Gasteiger partial charge in [0.1, 0.15) is 0 Å². The Hall–Kier alpha value is -2.24. The molecular formula is C16H14Cl2N2O3. The molecule has 0 aliphatic carbocycles. The molecule has 2 aromatic carbocycles. The average molecular weight is 353 g/mol. The number of nitrogens with one attached hydrogen (secondary N) is 2. The molecule has 0 atom stereocenters. The third-order valence-corrected chi connectivity index (χ3v) is 3.50. The fourth-order valence-electron chi connectivity index (χ4n) is 1.86. The number of rotatable bonds is 4. The van der Waals surface area contributed by atoms with Crippen LogP contribution in [-0.4, -0.2) is 18.6 Å². The number of anilines is 2. The molecule has 0 heterocycles. The van der Waals surface area contributed by atoms with Crippen LogP contribution in [0.4, 0.5) is 16.2 Å². The van der Waals surface area contributed by atoms with E-state index in [0.717, 1.165) is 0 Å². The second-order valence-electron chi connectivity index (χ2n) is 4.44. The number of para-hydroxylation sites is 2. The molecule has 0 aromatic heterocycles. The quantitative estimate of drug-likeness (QED) is 0.775. The number of urea groups is 1. The standard InChI is InChI=1S/C16H14Cl2N2O3/c1-2-23-15(21)10-6-3-4-9-13(10)19-16(22)20-14-11(17)7-5-8-12(14)18/h3-9H,2H2,1H3,(H2,19,20,22). The number of hydrogen-bond donors (Lipinski definition) is 2. The van der Waals surface area contributed by atoms with Gasteiger partial charge in [0.25, 0.3) is 0 Å². The number of halogens is 2. The SMILES string of the molecule is CCOC(=O)c1ccccc1NC(=O)Nc1c(Cl)cccc1Cl. The van der Waals surface area contributed by atoms with Gasteiger partial charge >= 0.3 is 12.0 Å². The van der Waals surface area contributed by atoms with Crippen LogP contribution in [0.15, 0.2) is 42.5 Å². The summed E-state index contributed by atoms with van der Waals surface area (Å²) in [6, 6.07) is 10.9. The van der Waals surface area contributed by atoms with Crippen molar-refractivity contribution in [2.45, 2.75) is 6.92 Å². The molecule has 0 spiro atoms. The zero-order valence-corrected chi connectivity index (χ0v) is 13.7. The monoisotopic (exact) mass is 352 g/mol. The summed E-state index contributed by atoms with van der Waals surface area (Å²) in [6.07, 6.45) is 0. The molecule has 0 radical (unpaired) electrons. The van der Waals surface area contributed by atoms with Gasteiger partial charge in [-0.25, -0.2) is 9.59 Å². The van der Waals surface area contributed by atoms with Gasteiger partial charge in [0.2, 0.25) is 0 Å². The third kappa shape index (κ3) is 4.37. The van der Waals surface area contributed by atoms with Crippen molar-refractivity contribution in [2.75, 3.05) is 17.2 Å². The summed E-state index contributed by atoms with van der Waals surface area (Å²) in [5, 5.41) is 5.77. The van der Waals surface area contributed by atoms with Gasteiger partial charge in [0.05, 0.1) is 33.6 Å². The average Bonchev–Trinajstić information content (AvgIpc) is 2.52. The third-order valence-electron chi connectivity index (χ3n) is 2.87. The lowest BCUT2D eigenvalue weighted by atomic mass is 10.2. The van der Waals surface area contributed by atoms with Gasteiger partial charge in [-0.15, -0.1) is 0 Å². The largest absolute Gasteiger partial charge is 0.462 e. The first kappa shape index (κ1) is 17.1. The van der Waals surface area contributed by atoms with Crippen molar-refractivity contribution in [1.82, 2.24) is 0 Å². The van der Waals surface area contributed by atoms with E-state index in [9.17, 15) is 9.59 Å². The Bertz CT molecular complexity index is 715. The van der Waals surface area contributed by atoms with Crippen molar-refractivity contribution in [1.29, 1.82) is 0 Å². The molecule has 2 aromatic rings. The molecule has 0 saturated heterocycles. The van der Waals surface area contributed by atoms with Crippen LogP contribution in [0.3, 0.4) is 0 Å². The van der Waals surface area contributed by atoms with Gasteiger partial charge in [-0.1, -0.05) is 41.4 Å². The van der Waals surface area contributed by atoms with E-state index in [2.05, 4.69) is 10.6 Å². The Morgan fingerprint density at radius 3 is 2.30 bits per heavy atom. The topological polar surface area (TPSA) is 67.4 Å². The van der Waals surface area contributed by atoms with Gasteiger partial charge in [0, 0.05) is 0 Å². The minimum Gasteiger partial charge on any atom is -0.462 e. The summed E-state index contributed by atoms with van der Waals surface area (Å²) < 4.78 is 4.95. The van der Waals surface area contributed by atoms with E-state index in [1.54, 1.807) is 49.4 Å². The van der Waals surface area contributed by atoms with Crippen molar-refractivity contribution in [3.63, 3.8) is 0 Å². The summed E-state index contributed by atoms with van der Waals surface area (Å²) >= 11 is 12.0. The molecule has 2 N–H and O–H groups in total. The number of hydrogen-bond acceptors (Lipinski definition) is 3. The van der Waals surface area contributed by atoms with E-state index >= 15 is 0 Å². The zero-order chi connectivity index (χ0) is 16.8. The number of carbonyl (C=O) groups excluding carboxylic acids is 2. The minimum absolute atomic E-state index is 0.245. The minimum atomic E-state index is -0.572. The summed E-state index contributed by atoms with van der Waals surface area (Å²) in [4.78, 5) is 24.0. The number of amides is 2. The fraction of sp³-hybridized carbons (Fsp3) is 0.125. The van der Waals surface area contributed by atoms with Crippen LogP contribution in [0.2, 0.25) is 10.0 Å². The predicted molar refractivity (Wildman–Crippen MR) is 91.5 cm³/mol. The highest BCUT2D eigenvalue weighted by Crippen LogP contribution is 2.30. The second-order valence-corrected chi connectivity index (χ2v) is 5.26. The van der Waals surface area contributed by atoms with Crippen LogP contribution in [0.1, 0.15) is 17.3 Å². The first-order valence-corrected chi connectivity index (χ1v) is 7.56. The maximum Gasteiger partial charge on any atom is 0.340 e. The molecular weight excluding hydrogens is 339 g/mol. The van der Waals surface area contributed by atoms with E-state index in [1.165, 1.54) is 0 Å². The fourth-order valence-corrected chi connectivity index (χ4v) is 2.36. The van der Waals surface area contributed by atoms with E-state index in [1.807, 2.05) is 0 Å². The lowest BCUT2D eigenvalue weighted by Crippen LogP contribution is -2.21. The summed E-state index contributed by atoms with van der Waals surface area (Å²) in [6.45, 7) is 1.95. The number of benzene rings is 2. The summed E-state index contributed by atoms with van der Waals surface area (Å²) in [7, 11) is 0. The van der Waals surface area contributed by atoms with E-state index in [0.29, 0.717) is 21.4 Å². The Balaban J connectivity index is 2.16. The second kappa shape index (κ2) is 7.85. The molecule has 7 heteroatoms. The first-order valence-electron chi connectivity index (χ1n) is 6.81.